The summed E-state index contributed by atoms with van der Waals surface area (Å²) in [6.45, 7) is 5.87. The van der Waals surface area contributed by atoms with Crippen molar-refractivity contribution < 1.29 is 9.53 Å². The van der Waals surface area contributed by atoms with E-state index < -0.39 is 0 Å². The van der Waals surface area contributed by atoms with Crippen molar-refractivity contribution in [3.05, 3.63) is 23.3 Å². The van der Waals surface area contributed by atoms with Gasteiger partial charge >= 0.3 is 0 Å². The standard InChI is InChI=1S/C13H16N2O2/c1-8-3-9(2)13-11(4-8)15-10(7-17-13)5-14-6-12(15)16/h3-4,10,14H,5-7H2,1-2H3. The highest BCUT2D eigenvalue weighted by Crippen LogP contribution is 2.38. The van der Waals surface area contributed by atoms with Crippen LogP contribution in [-0.2, 0) is 4.79 Å². The van der Waals surface area contributed by atoms with E-state index in [1.54, 1.807) is 0 Å². The van der Waals surface area contributed by atoms with Gasteiger partial charge in [0.15, 0.2) is 0 Å². The van der Waals surface area contributed by atoms with Crippen molar-refractivity contribution in [1.29, 1.82) is 0 Å². The van der Waals surface area contributed by atoms with E-state index in [2.05, 4.69) is 11.4 Å². The Bertz CT molecular complexity index is 485. The van der Waals surface area contributed by atoms with Crippen LogP contribution >= 0.6 is 0 Å². The number of aryl methyl sites for hydroxylation is 2. The lowest BCUT2D eigenvalue weighted by molar-refractivity contribution is -0.119. The number of ether oxygens (including phenoxy) is 1. The molecule has 1 N–H and O–H groups in total. The lowest BCUT2D eigenvalue weighted by Gasteiger charge is -2.40. The minimum atomic E-state index is 0.130. The summed E-state index contributed by atoms with van der Waals surface area (Å²) in [5, 5.41) is 3.12. The van der Waals surface area contributed by atoms with Crippen molar-refractivity contribution in [3.63, 3.8) is 0 Å². The molecule has 3 rings (SSSR count). The molecule has 1 aromatic carbocycles. The van der Waals surface area contributed by atoms with Crippen molar-refractivity contribution in [2.45, 2.75) is 19.9 Å². The van der Waals surface area contributed by atoms with Gasteiger partial charge in [-0.1, -0.05) is 6.07 Å². The van der Waals surface area contributed by atoms with Crippen LogP contribution in [0.4, 0.5) is 5.69 Å². The van der Waals surface area contributed by atoms with E-state index in [9.17, 15) is 4.79 Å². The summed E-state index contributed by atoms with van der Waals surface area (Å²) >= 11 is 0. The third-order valence-corrected chi connectivity index (χ3v) is 3.37. The highest BCUT2D eigenvalue weighted by molar-refractivity contribution is 5.98. The molecule has 0 spiro atoms. The van der Waals surface area contributed by atoms with Crippen LogP contribution in [0.5, 0.6) is 5.75 Å². The second-order valence-corrected chi connectivity index (χ2v) is 4.79. The summed E-state index contributed by atoms with van der Waals surface area (Å²) in [5.41, 5.74) is 3.20. The lowest BCUT2D eigenvalue weighted by atomic mass is 10.0. The van der Waals surface area contributed by atoms with Gasteiger partial charge in [0.05, 0.1) is 18.3 Å². The van der Waals surface area contributed by atoms with Crippen LogP contribution in [0.25, 0.3) is 0 Å². The number of hydrogen-bond acceptors (Lipinski definition) is 3. The van der Waals surface area contributed by atoms with Crippen molar-refractivity contribution >= 4 is 11.6 Å². The number of fused-ring (bicyclic) bond motifs is 3. The fraction of sp³-hybridized carbons (Fsp3) is 0.462. The molecule has 1 aromatic rings. The van der Waals surface area contributed by atoms with Gasteiger partial charge in [0, 0.05) is 6.54 Å². The Balaban J connectivity index is 2.13. The zero-order chi connectivity index (χ0) is 12.0. The molecule has 1 saturated heterocycles. The van der Waals surface area contributed by atoms with Crippen molar-refractivity contribution in [2.75, 3.05) is 24.6 Å². The van der Waals surface area contributed by atoms with Crippen molar-refractivity contribution in [1.82, 2.24) is 5.32 Å². The molecule has 17 heavy (non-hydrogen) atoms. The van der Waals surface area contributed by atoms with E-state index in [4.69, 9.17) is 4.74 Å². The van der Waals surface area contributed by atoms with Crippen LogP contribution in [-0.4, -0.2) is 31.6 Å². The summed E-state index contributed by atoms with van der Waals surface area (Å²) in [6.07, 6.45) is 0. The molecule has 1 amide bonds. The van der Waals surface area contributed by atoms with Gasteiger partial charge in [0.2, 0.25) is 5.91 Å². The molecular formula is C13H16N2O2. The second-order valence-electron chi connectivity index (χ2n) is 4.79. The summed E-state index contributed by atoms with van der Waals surface area (Å²) in [4.78, 5) is 13.9. The zero-order valence-corrected chi connectivity index (χ0v) is 10.1. The Morgan fingerprint density at radius 1 is 1.41 bits per heavy atom. The summed E-state index contributed by atoms with van der Waals surface area (Å²) in [5.74, 6) is 0.998. The average Bonchev–Trinajstić information content (AvgIpc) is 2.28. The number of carbonyl (C=O) groups is 1. The molecule has 0 radical (unpaired) electrons. The molecule has 4 heteroatoms. The number of nitrogens with one attached hydrogen (secondary N) is 1. The molecule has 1 atom stereocenters. The largest absolute Gasteiger partial charge is 0.489 e. The highest BCUT2D eigenvalue weighted by atomic mass is 16.5. The molecular weight excluding hydrogens is 216 g/mol. The van der Waals surface area contributed by atoms with Crippen LogP contribution in [0.15, 0.2) is 12.1 Å². The van der Waals surface area contributed by atoms with E-state index in [0.29, 0.717) is 13.2 Å². The predicted molar refractivity (Wildman–Crippen MR) is 65.6 cm³/mol. The first-order valence-electron chi connectivity index (χ1n) is 5.93. The van der Waals surface area contributed by atoms with Crippen LogP contribution < -0.4 is 15.0 Å². The van der Waals surface area contributed by atoms with E-state index in [0.717, 1.165) is 29.1 Å². The fourth-order valence-corrected chi connectivity index (χ4v) is 2.67. The number of rotatable bonds is 0. The zero-order valence-electron chi connectivity index (χ0n) is 10.1. The third kappa shape index (κ3) is 1.60. The Labute approximate surface area is 101 Å². The Kier molecular flexibility index (Phi) is 2.33. The quantitative estimate of drug-likeness (QED) is 0.725. The Morgan fingerprint density at radius 3 is 3.06 bits per heavy atom. The summed E-state index contributed by atoms with van der Waals surface area (Å²) in [7, 11) is 0. The normalized spacial score (nSPS) is 22.8. The number of anilines is 1. The number of nitrogens with zero attached hydrogens (tertiary/aromatic N) is 1. The molecule has 1 fully saturated rings. The van der Waals surface area contributed by atoms with Crippen LogP contribution in [0.3, 0.4) is 0 Å². The lowest BCUT2D eigenvalue weighted by Crippen LogP contribution is -2.59. The molecule has 90 valence electrons. The number of carbonyl (C=O) groups excluding carboxylic acids is 1. The summed E-state index contributed by atoms with van der Waals surface area (Å²) < 4.78 is 5.79. The first-order valence-corrected chi connectivity index (χ1v) is 5.93. The monoisotopic (exact) mass is 232 g/mol. The van der Waals surface area contributed by atoms with E-state index in [1.165, 1.54) is 0 Å². The minimum Gasteiger partial charge on any atom is -0.489 e. The number of amides is 1. The minimum absolute atomic E-state index is 0.130. The Morgan fingerprint density at radius 2 is 2.24 bits per heavy atom. The molecule has 0 aromatic heterocycles. The fourth-order valence-electron chi connectivity index (χ4n) is 2.67. The van der Waals surface area contributed by atoms with E-state index in [1.807, 2.05) is 24.8 Å². The van der Waals surface area contributed by atoms with Gasteiger partial charge in [-0.2, -0.15) is 0 Å². The van der Waals surface area contributed by atoms with Gasteiger partial charge in [-0.05, 0) is 31.0 Å². The van der Waals surface area contributed by atoms with Crippen LogP contribution in [0.1, 0.15) is 11.1 Å². The number of piperazine rings is 1. The maximum Gasteiger partial charge on any atom is 0.241 e. The van der Waals surface area contributed by atoms with Gasteiger partial charge in [-0.25, -0.2) is 0 Å². The SMILES string of the molecule is Cc1cc(C)c2c(c1)N1C(=O)CNCC1CO2. The van der Waals surface area contributed by atoms with Gasteiger partial charge in [-0.3, -0.25) is 4.79 Å². The molecule has 2 heterocycles. The predicted octanol–water partition coefficient (Wildman–Crippen LogP) is 1.00. The topological polar surface area (TPSA) is 41.6 Å². The van der Waals surface area contributed by atoms with Gasteiger partial charge in [-0.15, -0.1) is 0 Å². The van der Waals surface area contributed by atoms with E-state index >= 15 is 0 Å². The number of benzene rings is 1. The van der Waals surface area contributed by atoms with Crippen LogP contribution in [0.2, 0.25) is 0 Å². The first-order chi connectivity index (χ1) is 8.16. The van der Waals surface area contributed by atoms with Crippen molar-refractivity contribution in [3.8, 4) is 5.75 Å². The molecule has 4 nitrogen and oxygen atoms in total. The van der Waals surface area contributed by atoms with Gasteiger partial charge < -0.3 is 15.0 Å². The van der Waals surface area contributed by atoms with Gasteiger partial charge in [0.1, 0.15) is 12.4 Å². The smallest absolute Gasteiger partial charge is 0.241 e. The molecule has 0 saturated carbocycles. The third-order valence-electron chi connectivity index (χ3n) is 3.37. The maximum absolute atomic E-state index is 12.0. The molecule has 1 unspecified atom stereocenters. The first kappa shape index (κ1) is 10.6. The van der Waals surface area contributed by atoms with Crippen LogP contribution in [0, 0.1) is 13.8 Å². The second kappa shape index (κ2) is 3.74. The van der Waals surface area contributed by atoms with Crippen molar-refractivity contribution in [2.24, 2.45) is 0 Å². The molecule has 0 aliphatic carbocycles. The Hall–Kier alpha value is -1.55. The molecule has 2 aliphatic heterocycles. The number of hydrogen-bond donors (Lipinski definition) is 1. The molecule has 2 aliphatic rings. The maximum atomic E-state index is 12.0. The van der Waals surface area contributed by atoms with E-state index in [-0.39, 0.29) is 11.9 Å². The highest BCUT2D eigenvalue weighted by Gasteiger charge is 2.35. The summed E-state index contributed by atoms with van der Waals surface area (Å²) in [6, 6.07) is 4.26. The molecule has 0 bridgehead atoms. The average molecular weight is 232 g/mol. The van der Waals surface area contributed by atoms with Gasteiger partial charge in [0.25, 0.3) is 0 Å².